The second-order valence-electron chi connectivity index (χ2n) is 6.95. The van der Waals surface area contributed by atoms with Crippen molar-refractivity contribution in [1.29, 1.82) is 0 Å². The van der Waals surface area contributed by atoms with Gasteiger partial charge in [-0.25, -0.2) is 4.98 Å². The first-order valence-corrected chi connectivity index (χ1v) is 7.07. The Morgan fingerprint density at radius 1 is 0.944 bits per heavy atom. The van der Waals surface area contributed by atoms with E-state index in [1.54, 1.807) is 6.20 Å². The summed E-state index contributed by atoms with van der Waals surface area (Å²) in [5.41, 5.74) is -0.305. The third kappa shape index (κ3) is 3.25. The predicted octanol–water partition coefficient (Wildman–Crippen LogP) is -4.50. The van der Waals surface area contributed by atoms with E-state index in [0.29, 0.717) is 5.88 Å². The number of ether oxygens (including phenoxy) is 1. The zero-order chi connectivity index (χ0) is 14.2. The molecule has 0 bridgehead atoms. The van der Waals surface area contributed by atoms with Crippen LogP contribution < -0.4 is 4.74 Å². The third-order valence-corrected chi connectivity index (χ3v) is 4.34. The molecule has 0 aliphatic carbocycles. The van der Waals surface area contributed by atoms with Crippen molar-refractivity contribution in [2.75, 3.05) is 0 Å². The standard InChI is InChI=1S/C8H17B7BrNO/c9-6(7(10,11)12,8(13,14)15)18-5-2-1-4(16)3-17-5/h1-3H,9-15H2. The van der Waals surface area contributed by atoms with Gasteiger partial charge in [-0.2, -0.15) is 0 Å². The van der Waals surface area contributed by atoms with Crippen LogP contribution in [0.2, 0.25) is 10.2 Å². The maximum atomic E-state index is 6.25. The summed E-state index contributed by atoms with van der Waals surface area (Å²) in [7, 11) is 15.4. The highest BCUT2D eigenvalue weighted by Gasteiger charge is 2.47. The molecule has 10 heteroatoms. The molecule has 0 spiro atoms. The largest absolute Gasteiger partial charge is 0.484 e. The summed E-state index contributed by atoms with van der Waals surface area (Å²) in [5, 5.41) is 0.0278. The molecular weight excluding hydrogens is 282 g/mol. The second kappa shape index (κ2) is 5.11. The van der Waals surface area contributed by atoms with Gasteiger partial charge in [-0.3, -0.25) is 0 Å². The Hall–Kier alpha value is -0.115. The highest BCUT2D eigenvalue weighted by Crippen LogP contribution is 2.43. The van der Waals surface area contributed by atoms with Crippen LogP contribution in [0.5, 0.6) is 5.88 Å². The number of rotatable bonds is 4. The van der Waals surface area contributed by atoms with Crippen molar-refractivity contribution >= 4 is 70.9 Å². The van der Waals surface area contributed by atoms with Gasteiger partial charge in [0, 0.05) is 22.2 Å². The Balaban J connectivity index is 3.12. The lowest BCUT2D eigenvalue weighted by Gasteiger charge is -2.52. The summed E-state index contributed by atoms with van der Waals surface area (Å²) in [6.45, 7) is 0. The minimum atomic E-state index is -0.305. The van der Waals surface area contributed by atoms with Gasteiger partial charge in [0.25, 0.3) is 0 Å². The lowest BCUT2D eigenvalue weighted by Crippen LogP contribution is -2.59. The molecule has 0 aliphatic rings. The van der Waals surface area contributed by atoms with E-state index in [-0.39, 0.29) is 15.7 Å². The van der Waals surface area contributed by atoms with Crippen LogP contribution >= 0.6 is 15.9 Å². The molecule has 0 amide bonds. The van der Waals surface area contributed by atoms with Gasteiger partial charge in [-0.1, -0.05) is 10.2 Å². The number of pyridine rings is 1. The van der Waals surface area contributed by atoms with Gasteiger partial charge in [0.15, 0.2) is 7.85 Å². The van der Waals surface area contributed by atoms with E-state index in [0.717, 1.165) is 4.47 Å². The molecule has 0 saturated carbocycles. The van der Waals surface area contributed by atoms with Crippen molar-refractivity contribution in [3.8, 4) is 5.88 Å². The van der Waals surface area contributed by atoms with Crippen molar-refractivity contribution in [3.05, 3.63) is 22.8 Å². The Morgan fingerprint density at radius 2 is 1.44 bits per heavy atom. The van der Waals surface area contributed by atoms with Crippen LogP contribution in [0.15, 0.2) is 22.8 Å². The maximum absolute atomic E-state index is 6.25. The predicted molar refractivity (Wildman–Crippen MR) is 100 cm³/mol. The number of halogens is 1. The number of hydrogen-bond acceptors (Lipinski definition) is 2. The van der Waals surface area contributed by atoms with Crippen LogP contribution in [0.4, 0.5) is 0 Å². The molecule has 1 aromatic rings. The molecular formula is C8H17B7BrNO. The van der Waals surface area contributed by atoms with Gasteiger partial charge in [0.05, 0.1) is 47.1 Å². The highest BCUT2D eigenvalue weighted by molar-refractivity contribution is 9.10. The fourth-order valence-electron chi connectivity index (χ4n) is 2.06. The van der Waals surface area contributed by atoms with Gasteiger partial charge in [0.1, 0.15) is 0 Å². The first kappa shape index (κ1) is 15.9. The van der Waals surface area contributed by atoms with Crippen LogP contribution in [0.1, 0.15) is 0 Å². The van der Waals surface area contributed by atoms with Crippen LogP contribution in [0.3, 0.4) is 0 Å². The average molecular weight is 299 g/mol. The Morgan fingerprint density at radius 3 is 1.78 bits per heavy atom. The van der Waals surface area contributed by atoms with E-state index in [1.165, 1.54) is 0 Å². The minimum absolute atomic E-state index is 0.0139. The van der Waals surface area contributed by atoms with Crippen molar-refractivity contribution in [1.82, 2.24) is 4.98 Å². The minimum Gasteiger partial charge on any atom is -0.484 e. The van der Waals surface area contributed by atoms with Crippen molar-refractivity contribution < 1.29 is 4.74 Å². The van der Waals surface area contributed by atoms with Gasteiger partial charge >= 0.3 is 0 Å². The van der Waals surface area contributed by atoms with Crippen molar-refractivity contribution in [3.63, 3.8) is 0 Å². The van der Waals surface area contributed by atoms with Crippen LogP contribution in [0.25, 0.3) is 0 Å². The van der Waals surface area contributed by atoms with Crippen LogP contribution in [-0.2, 0) is 0 Å². The number of hydrogen-bond donors (Lipinski definition) is 0. The zero-order valence-electron chi connectivity index (χ0n) is 12.5. The normalized spacial score (nSPS) is 13.2. The van der Waals surface area contributed by atoms with E-state index in [4.69, 9.17) is 4.74 Å². The number of nitrogens with zero attached hydrogens (tertiary/aromatic N) is 1. The van der Waals surface area contributed by atoms with Crippen LogP contribution in [0, 0.1) is 0 Å². The quantitative estimate of drug-likeness (QED) is 0.523. The first-order chi connectivity index (χ1) is 7.97. The van der Waals surface area contributed by atoms with Crippen LogP contribution in [-0.4, -0.2) is 65.4 Å². The molecule has 0 saturated heterocycles. The fourth-order valence-corrected chi connectivity index (χ4v) is 2.30. The van der Waals surface area contributed by atoms with E-state index < -0.39 is 0 Å². The molecule has 1 rings (SSSR count). The molecule has 1 aromatic heterocycles. The molecule has 88 valence electrons. The molecule has 1 heterocycles. The lowest BCUT2D eigenvalue weighted by molar-refractivity contribution is 0.151. The molecule has 0 radical (unpaired) electrons. The zero-order valence-corrected chi connectivity index (χ0v) is 14.1. The molecule has 0 unspecified atom stereocenters. The molecule has 2 nitrogen and oxygen atoms in total. The molecule has 0 aliphatic heterocycles. The summed E-state index contributed by atoms with van der Waals surface area (Å²) < 4.78 is 7.22. The van der Waals surface area contributed by atoms with Crippen molar-refractivity contribution in [2.45, 2.75) is 15.7 Å². The number of aromatic nitrogens is 1. The van der Waals surface area contributed by atoms with Gasteiger partial charge in [0.2, 0.25) is 5.88 Å². The van der Waals surface area contributed by atoms with Gasteiger partial charge in [-0.15, -0.1) is 0 Å². The van der Waals surface area contributed by atoms with Gasteiger partial charge < -0.3 is 4.74 Å². The summed E-state index contributed by atoms with van der Waals surface area (Å²) in [6, 6.07) is 3.86. The van der Waals surface area contributed by atoms with E-state index in [1.807, 2.05) is 12.1 Å². The summed E-state index contributed by atoms with van der Waals surface area (Å²) in [6.07, 6.45) is 1.76. The van der Waals surface area contributed by atoms with Gasteiger partial charge in [-0.05, 0) is 22.0 Å². The highest BCUT2D eigenvalue weighted by atomic mass is 79.9. The summed E-state index contributed by atoms with van der Waals surface area (Å²) in [4.78, 5) is 4.32. The monoisotopic (exact) mass is 299 g/mol. The van der Waals surface area contributed by atoms with E-state index in [9.17, 15) is 0 Å². The molecule has 18 heavy (non-hydrogen) atoms. The Labute approximate surface area is 125 Å². The third-order valence-electron chi connectivity index (χ3n) is 3.87. The summed E-state index contributed by atoms with van der Waals surface area (Å²) in [5.74, 6) is 0.672. The first-order valence-electron chi connectivity index (χ1n) is 6.28. The molecule has 0 N–H and O–H groups in total. The second-order valence-corrected chi connectivity index (χ2v) is 7.87. The average Bonchev–Trinajstić information content (AvgIpc) is 2.18. The smallest absolute Gasteiger partial charge is 0.212 e. The molecule has 0 atom stereocenters. The SMILES string of the molecule is BC(B)(B)C(B)(Oc1ccc(Br)cn1)C(B)(B)B. The maximum Gasteiger partial charge on any atom is 0.212 e. The fraction of sp³-hybridized carbons (Fsp3) is 0.375. The van der Waals surface area contributed by atoms with E-state index in [2.05, 4.69) is 75.8 Å². The Bertz CT molecular complexity index is 399. The Kier molecular flexibility index (Phi) is 4.52. The molecule has 0 aromatic carbocycles. The molecule has 0 fully saturated rings. The topological polar surface area (TPSA) is 22.1 Å². The lowest BCUT2D eigenvalue weighted by atomic mass is 9.19. The summed E-state index contributed by atoms with van der Waals surface area (Å²) >= 11 is 3.39. The van der Waals surface area contributed by atoms with Crippen molar-refractivity contribution in [2.24, 2.45) is 0 Å². The van der Waals surface area contributed by atoms with E-state index >= 15 is 0 Å².